The Morgan fingerprint density at radius 2 is 2.02 bits per heavy atom. The molecular weight excluding hydrogens is 530 g/mol. The van der Waals surface area contributed by atoms with Gasteiger partial charge in [-0.1, -0.05) is 31.7 Å². The van der Waals surface area contributed by atoms with Crippen LogP contribution in [0.5, 0.6) is 6.01 Å². The van der Waals surface area contributed by atoms with E-state index in [0.717, 1.165) is 70.2 Å². The van der Waals surface area contributed by atoms with Crippen molar-refractivity contribution in [1.29, 1.82) is 5.26 Å². The molecule has 2 saturated heterocycles. The molecule has 10 nitrogen and oxygen atoms in total. The Morgan fingerprint density at radius 1 is 1.19 bits per heavy atom. The number of benzene rings is 1. The van der Waals surface area contributed by atoms with Crippen LogP contribution in [0, 0.1) is 11.3 Å². The number of rotatable bonds is 8. The second kappa shape index (κ2) is 12.7. The van der Waals surface area contributed by atoms with Crippen molar-refractivity contribution in [3.8, 4) is 12.1 Å². The molecular formula is C32H41N7O3. The van der Waals surface area contributed by atoms with Crippen molar-refractivity contribution in [3.05, 3.63) is 53.7 Å². The molecule has 1 amide bonds. The van der Waals surface area contributed by atoms with Gasteiger partial charge in [-0.15, -0.1) is 0 Å². The average Bonchev–Trinajstić information content (AvgIpc) is 3.37. The first-order valence-electron chi connectivity index (χ1n) is 15.3. The van der Waals surface area contributed by atoms with Gasteiger partial charge in [0.1, 0.15) is 12.4 Å². The zero-order valence-corrected chi connectivity index (χ0v) is 24.6. The van der Waals surface area contributed by atoms with Crippen molar-refractivity contribution in [3.63, 3.8) is 0 Å². The maximum atomic E-state index is 12.5. The topological polar surface area (TPSA) is 98.1 Å². The van der Waals surface area contributed by atoms with E-state index in [4.69, 9.17) is 19.4 Å². The van der Waals surface area contributed by atoms with E-state index in [1.54, 1.807) is 4.90 Å². The van der Waals surface area contributed by atoms with Crippen molar-refractivity contribution < 1.29 is 14.3 Å². The lowest BCUT2D eigenvalue weighted by molar-refractivity contribution is -0.128. The van der Waals surface area contributed by atoms with Crippen LogP contribution in [0.3, 0.4) is 0 Å². The minimum absolute atomic E-state index is 0.130. The molecule has 1 aromatic heterocycles. The van der Waals surface area contributed by atoms with E-state index in [1.807, 2.05) is 0 Å². The van der Waals surface area contributed by atoms with Gasteiger partial charge in [-0.25, -0.2) is 0 Å². The molecule has 0 spiro atoms. The summed E-state index contributed by atoms with van der Waals surface area (Å²) in [7, 11) is 0. The number of morpholine rings is 1. The highest BCUT2D eigenvalue weighted by Gasteiger charge is 2.36. The molecule has 10 heteroatoms. The second-order valence-electron chi connectivity index (χ2n) is 11.8. The molecule has 222 valence electrons. The molecule has 1 aliphatic carbocycles. The van der Waals surface area contributed by atoms with Gasteiger partial charge in [0.2, 0.25) is 5.91 Å². The molecule has 0 saturated carbocycles. The van der Waals surface area contributed by atoms with Crippen LogP contribution in [0.25, 0.3) is 0 Å². The Morgan fingerprint density at radius 3 is 2.83 bits per heavy atom. The number of anilines is 2. The monoisotopic (exact) mass is 571 g/mol. The lowest BCUT2D eigenvalue weighted by Crippen LogP contribution is -2.55. The van der Waals surface area contributed by atoms with Crippen LogP contribution in [-0.2, 0) is 22.4 Å². The number of para-hydroxylation sites is 1. The lowest BCUT2D eigenvalue weighted by atomic mass is 9.90. The van der Waals surface area contributed by atoms with Crippen molar-refractivity contribution >= 4 is 17.4 Å². The Kier molecular flexibility index (Phi) is 8.58. The zero-order valence-electron chi connectivity index (χ0n) is 24.6. The number of nitrogens with zero attached hydrogens (tertiary/aromatic N) is 7. The molecule has 2 aromatic rings. The van der Waals surface area contributed by atoms with Gasteiger partial charge in [-0.2, -0.15) is 15.2 Å². The number of fused-ring (bicyclic) bond motifs is 2. The Balaban J connectivity index is 1.26. The minimum atomic E-state index is -0.218. The van der Waals surface area contributed by atoms with Gasteiger partial charge in [0, 0.05) is 75.4 Å². The first-order valence-corrected chi connectivity index (χ1v) is 15.3. The standard InChI is InChI=1S/C32H41N7O3/c1-3-30(40)38-13-12-37(22-25(38)10-11-33)31-27-9-8-24(39-21-23(2)26-6-4-5-7-29(26)39)20-28(27)34-32(35-31)42-19-16-36-14-17-41-18-15-36/h3-7,23-25H,1,8-10,12-22H2,2H3/t23-,24+,25-/m1/s1. The molecule has 0 bridgehead atoms. The highest BCUT2D eigenvalue weighted by atomic mass is 16.5. The number of ether oxygens (including phenoxy) is 2. The molecule has 42 heavy (non-hydrogen) atoms. The molecule has 4 aliphatic rings. The largest absolute Gasteiger partial charge is 0.462 e. The van der Waals surface area contributed by atoms with Crippen molar-refractivity contribution in [2.24, 2.45) is 0 Å². The summed E-state index contributed by atoms with van der Waals surface area (Å²) >= 11 is 0. The fourth-order valence-electron chi connectivity index (χ4n) is 6.98. The van der Waals surface area contributed by atoms with E-state index < -0.39 is 0 Å². The number of amides is 1. The van der Waals surface area contributed by atoms with Crippen LogP contribution in [0.15, 0.2) is 36.9 Å². The number of hydrogen-bond acceptors (Lipinski definition) is 9. The molecule has 3 atom stereocenters. The molecule has 2 fully saturated rings. The molecule has 4 heterocycles. The first kappa shape index (κ1) is 28.4. The summed E-state index contributed by atoms with van der Waals surface area (Å²) in [5.41, 5.74) is 4.99. The third-order valence-corrected chi connectivity index (χ3v) is 9.20. The third kappa shape index (κ3) is 5.81. The molecule has 3 aliphatic heterocycles. The van der Waals surface area contributed by atoms with Gasteiger partial charge < -0.3 is 24.2 Å². The SMILES string of the molecule is C=CC(=O)N1CCN(c2nc(OCCN3CCOCC3)nc3c2CC[C@H](N2C[C@@H](C)c4ccccc42)C3)C[C@H]1CC#N. The Hall–Kier alpha value is -3.68. The average molecular weight is 572 g/mol. The number of hydrogen-bond donors (Lipinski definition) is 0. The van der Waals surface area contributed by atoms with E-state index in [2.05, 4.69) is 58.5 Å². The van der Waals surface area contributed by atoms with Crippen LogP contribution < -0.4 is 14.5 Å². The first-order chi connectivity index (χ1) is 20.6. The van der Waals surface area contributed by atoms with Gasteiger partial charge >= 0.3 is 6.01 Å². The van der Waals surface area contributed by atoms with Crippen LogP contribution >= 0.6 is 0 Å². The lowest BCUT2D eigenvalue weighted by Gasteiger charge is -2.42. The minimum Gasteiger partial charge on any atom is -0.462 e. The number of carbonyl (C=O) groups is 1. The maximum Gasteiger partial charge on any atom is 0.318 e. The normalized spacial score (nSPS) is 24.1. The van der Waals surface area contributed by atoms with Crippen molar-refractivity contribution in [2.75, 3.05) is 75.4 Å². The number of piperazine rings is 1. The van der Waals surface area contributed by atoms with E-state index >= 15 is 0 Å². The zero-order chi connectivity index (χ0) is 29.1. The van der Waals surface area contributed by atoms with Gasteiger partial charge in [-0.05, 0) is 30.5 Å². The van der Waals surface area contributed by atoms with E-state index in [0.29, 0.717) is 44.2 Å². The van der Waals surface area contributed by atoms with E-state index in [-0.39, 0.29) is 18.4 Å². The van der Waals surface area contributed by atoms with Crippen molar-refractivity contribution in [1.82, 2.24) is 19.8 Å². The number of nitriles is 1. The van der Waals surface area contributed by atoms with Crippen LogP contribution in [0.2, 0.25) is 0 Å². The van der Waals surface area contributed by atoms with Crippen molar-refractivity contribution in [2.45, 2.75) is 50.6 Å². The van der Waals surface area contributed by atoms with Gasteiger partial charge in [0.15, 0.2) is 0 Å². The maximum absolute atomic E-state index is 12.5. The highest BCUT2D eigenvalue weighted by Crippen LogP contribution is 2.41. The van der Waals surface area contributed by atoms with Crippen LogP contribution in [0.4, 0.5) is 11.5 Å². The number of aromatic nitrogens is 2. The molecule has 0 unspecified atom stereocenters. The summed E-state index contributed by atoms with van der Waals surface area (Å²) in [6, 6.07) is 11.6. The van der Waals surface area contributed by atoms with Gasteiger partial charge in [-0.3, -0.25) is 9.69 Å². The fourth-order valence-corrected chi connectivity index (χ4v) is 6.98. The number of carbonyl (C=O) groups excluding carboxylic acids is 1. The second-order valence-corrected chi connectivity index (χ2v) is 11.8. The summed E-state index contributed by atoms with van der Waals surface area (Å²) in [5, 5.41) is 9.52. The highest BCUT2D eigenvalue weighted by molar-refractivity contribution is 5.87. The smallest absolute Gasteiger partial charge is 0.318 e. The van der Waals surface area contributed by atoms with Crippen LogP contribution in [0.1, 0.15) is 42.5 Å². The molecule has 0 radical (unpaired) electrons. The van der Waals surface area contributed by atoms with Crippen LogP contribution in [-0.4, -0.2) is 103 Å². The Bertz CT molecular complexity index is 1340. The van der Waals surface area contributed by atoms with Gasteiger partial charge in [0.25, 0.3) is 0 Å². The summed E-state index contributed by atoms with van der Waals surface area (Å²) in [6.45, 7) is 13.3. The molecule has 1 aromatic carbocycles. The summed E-state index contributed by atoms with van der Waals surface area (Å²) < 4.78 is 11.7. The predicted octanol–water partition coefficient (Wildman–Crippen LogP) is 2.79. The molecule has 6 rings (SSSR count). The summed E-state index contributed by atoms with van der Waals surface area (Å²) in [6.07, 6.45) is 4.34. The predicted molar refractivity (Wildman–Crippen MR) is 161 cm³/mol. The molecule has 0 N–H and O–H groups in total. The summed E-state index contributed by atoms with van der Waals surface area (Å²) in [4.78, 5) is 31.4. The third-order valence-electron chi connectivity index (χ3n) is 9.20. The van der Waals surface area contributed by atoms with E-state index in [9.17, 15) is 10.1 Å². The van der Waals surface area contributed by atoms with E-state index in [1.165, 1.54) is 22.9 Å². The Labute approximate surface area is 248 Å². The quantitative estimate of drug-likeness (QED) is 0.443. The fraction of sp³-hybridized carbons (Fsp3) is 0.562. The summed E-state index contributed by atoms with van der Waals surface area (Å²) in [5.74, 6) is 1.27. The van der Waals surface area contributed by atoms with Gasteiger partial charge in [0.05, 0.1) is 37.4 Å².